The second-order valence-corrected chi connectivity index (χ2v) is 4.85. The third-order valence-corrected chi connectivity index (χ3v) is 3.56. The Bertz CT molecular complexity index is 742. The van der Waals surface area contributed by atoms with Crippen molar-refractivity contribution >= 4 is 17.3 Å². The normalized spacial score (nSPS) is 14.0. The first kappa shape index (κ1) is 14.1. The van der Waals surface area contributed by atoms with Crippen molar-refractivity contribution in [1.29, 1.82) is 0 Å². The third kappa shape index (κ3) is 2.51. The highest BCUT2D eigenvalue weighted by Crippen LogP contribution is 2.28. The molecule has 0 bridgehead atoms. The lowest BCUT2D eigenvalue weighted by molar-refractivity contribution is -0.135. The summed E-state index contributed by atoms with van der Waals surface area (Å²) in [7, 11) is 1.56. The van der Waals surface area contributed by atoms with Crippen LogP contribution in [-0.2, 0) is 9.53 Å². The molecule has 4 nitrogen and oxygen atoms in total. The fourth-order valence-electron chi connectivity index (χ4n) is 2.39. The van der Waals surface area contributed by atoms with Gasteiger partial charge in [-0.25, -0.2) is 4.79 Å². The van der Waals surface area contributed by atoms with Gasteiger partial charge in [0, 0.05) is 11.1 Å². The van der Waals surface area contributed by atoms with E-state index >= 15 is 0 Å². The molecule has 1 heterocycles. The molecule has 1 aliphatic heterocycles. The van der Waals surface area contributed by atoms with Crippen molar-refractivity contribution in [3.63, 3.8) is 0 Å². The first-order valence-corrected chi connectivity index (χ1v) is 6.85. The summed E-state index contributed by atoms with van der Waals surface area (Å²) in [4.78, 5) is 24.6. The van der Waals surface area contributed by atoms with E-state index in [0.29, 0.717) is 16.9 Å². The van der Waals surface area contributed by atoms with Crippen molar-refractivity contribution in [1.82, 2.24) is 0 Å². The summed E-state index contributed by atoms with van der Waals surface area (Å²) in [5.41, 5.74) is 2.00. The number of ether oxygens (including phenoxy) is 2. The maximum absolute atomic E-state index is 12.6. The Hall–Kier alpha value is -2.88. The van der Waals surface area contributed by atoms with Gasteiger partial charge < -0.3 is 9.47 Å². The van der Waals surface area contributed by atoms with Gasteiger partial charge >= 0.3 is 5.97 Å². The summed E-state index contributed by atoms with van der Waals surface area (Å²) in [5.74, 6) is -0.244. The minimum Gasteiger partial charge on any atom is -0.497 e. The zero-order chi connectivity index (χ0) is 15.5. The van der Waals surface area contributed by atoms with Crippen LogP contribution >= 0.6 is 0 Å². The number of cyclic esters (lactones) is 1. The molecule has 0 fully saturated rings. The summed E-state index contributed by atoms with van der Waals surface area (Å²) >= 11 is 0. The van der Waals surface area contributed by atoms with E-state index in [9.17, 15) is 9.59 Å². The van der Waals surface area contributed by atoms with Gasteiger partial charge in [-0.3, -0.25) is 4.79 Å². The van der Waals surface area contributed by atoms with Gasteiger partial charge in [-0.2, -0.15) is 0 Å². The molecule has 0 aliphatic carbocycles. The minimum atomic E-state index is -0.570. The average molecular weight is 294 g/mol. The van der Waals surface area contributed by atoms with Crippen LogP contribution in [0.5, 0.6) is 5.75 Å². The number of hydrogen-bond donors (Lipinski definition) is 0. The molecule has 0 amide bonds. The molecule has 0 spiro atoms. The van der Waals surface area contributed by atoms with Crippen LogP contribution in [-0.4, -0.2) is 25.5 Å². The highest BCUT2D eigenvalue weighted by Gasteiger charge is 2.31. The number of esters is 1. The minimum absolute atomic E-state index is 0.108. The van der Waals surface area contributed by atoms with E-state index in [1.165, 1.54) is 0 Å². The van der Waals surface area contributed by atoms with Crippen LogP contribution in [0.2, 0.25) is 0 Å². The number of carbonyl (C=O) groups excluding carboxylic acids is 2. The lowest BCUT2D eigenvalue weighted by Gasteiger charge is -2.05. The largest absolute Gasteiger partial charge is 0.497 e. The molecule has 22 heavy (non-hydrogen) atoms. The van der Waals surface area contributed by atoms with Crippen molar-refractivity contribution in [2.24, 2.45) is 0 Å². The van der Waals surface area contributed by atoms with Crippen molar-refractivity contribution < 1.29 is 19.1 Å². The van der Waals surface area contributed by atoms with E-state index in [4.69, 9.17) is 9.47 Å². The summed E-state index contributed by atoms with van der Waals surface area (Å²) in [5, 5.41) is 0. The van der Waals surface area contributed by atoms with Gasteiger partial charge in [0.25, 0.3) is 0 Å². The predicted molar refractivity (Wildman–Crippen MR) is 81.6 cm³/mol. The summed E-state index contributed by atoms with van der Waals surface area (Å²) in [6, 6.07) is 16.0. The zero-order valence-corrected chi connectivity index (χ0v) is 12.0. The number of benzene rings is 2. The predicted octanol–water partition coefficient (Wildman–Crippen LogP) is 2.89. The van der Waals surface area contributed by atoms with E-state index in [-0.39, 0.29) is 18.0 Å². The Morgan fingerprint density at radius 3 is 2.36 bits per heavy atom. The number of hydrogen-bond acceptors (Lipinski definition) is 4. The molecule has 4 heteroatoms. The molecular weight excluding hydrogens is 280 g/mol. The molecule has 0 saturated heterocycles. The smallest absolute Gasteiger partial charge is 0.342 e. The Morgan fingerprint density at radius 1 is 1.05 bits per heavy atom. The first-order chi connectivity index (χ1) is 10.7. The number of methoxy groups -OCH3 is 1. The number of Topliss-reactive ketones (excluding diaryl/α,β-unsaturated/α-hetero) is 1. The number of ketones is 1. The summed E-state index contributed by atoms with van der Waals surface area (Å²) in [6.07, 6.45) is 0. The van der Waals surface area contributed by atoms with Crippen molar-refractivity contribution in [2.45, 2.75) is 0 Å². The fraction of sp³-hybridized carbons (Fsp3) is 0.111. The summed E-state index contributed by atoms with van der Waals surface area (Å²) < 4.78 is 10.1. The van der Waals surface area contributed by atoms with E-state index < -0.39 is 5.97 Å². The van der Waals surface area contributed by atoms with Crippen LogP contribution in [0.4, 0.5) is 0 Å². The topological polar surface area (TPSA) is 52.6 Å². The molecule has 0 aromatic heterocycles. The monoisotopic (exact) mass is 294 g/mol. The molecule has 0 saturated carbocycles. The lowest BCUT2D eigenvalue weighted by Crippen LogP contribution is -2.11. The average Bonchev–Trinajstić information content (AvgIpc) is 2.96. The Labute approximate surface area is 128 Å². The molecule has 0 N–H and O–H groups in total. The molecule has 0 atom stereocenters. The molecular formula is C18H14O4. The number of rotatable bonds is 4. The highest BCUT2D eigenvalue weighted by atomic mass is 16.5. The van der Waals surface area contributed by atoms with Crippen LogP contribution < -0.4 is 4.74 Å². The molecule has 3 rings (SSSR count). The van der Waals surface area contributed by atoms with E-state index in [1.54, 1.807) is 31.4 Å². The van der Waals surface area contributed by atoms with Gasteiger partial charge in [-0.15, -0.1) is 0 Å². The van der Waals surface area contributed by atoms with Crippen LogP contribution in [0.3, 0.4) is 0 Å². The molecule has 2 aromatic rings. The molecule has 2 aromatic carbocycles. The van der Waals surface area contributed by atoms with Gasteiger partial charge in [-0.1, -0.05) is 30.3 Å². The molecule has 0 unspecified atom stereocenters. The quantitative estimate of drug-likeness (QED) is 0.494. The SMILES string of the molecule is COc1ccc(C(=O)C2=C(c3ccccc3)COC2=O)cc1. The van der Waals surface area contributed by atoms with E-state index in [0.717, 1.165) is 5.56 Å². The van der Waals surface area contributed by atoms with Crippen LogP contribution in [0.1, 0.15) is 15.9 Å². The molecule has 1 aliphatic rings. The highest BCUT2D eigenvalue weighted by molar-refractivity contribution is 6.30. The Kier molecular flexibility index (Phi) is 3.74. The van der Waals surface area contributed by atoms with Crippen LogP contribution in [0, 0.1) is 0 Å². The van der Waals surface area contributed by atoms with Gasteiger partial charge in [0.1, 0.15) is 17.9 Å². The van der Waals surface area contributed by atoms with Crippen molar-refractivity contribution in [2.75, 3.05) is 13.7 Å². The van der Waals surface area contributed by atoms with Crippen LogP contribution in [0.25, 0.3) is 5.57 Å². The van der Waals surface area contributed by atoms with Gasteiger partial charge in [0.05, 0.1) is 7.11 Å². The Balaban J connectivity index is 2.02. The maximum atomic E-state index is 12.6. The van der Waals surface area contributed by atoms with Crippen molar-refractivity contribution in [3.05, 3.63) is 71.3 Å². The Morgan fingerprint density at radius 2 is 1.73 bits per heavy atom. The summed E-state index contributed by atoms with van der Waals surface area (Å²) in [6.45, 7) is 0.125. The van der Waals surface area contributed by atoms with Crippen molar-refractivity contribution in [3.8, 4) is 5.75 Å². The van der Waals surface area contributed by atoms with Gasteiger partial charge in [0.2, 0.25) is 5.78 Å². The standard InChI is InChI=1S/C18H14O4/c1-21-14-9-7-13(8-10-14)17(19)16-15(11-22-18(16)20)12-5-3-2-4-6-12/h2-10H,11H2,1H3. The fourth-order valence-corrected chi connectivity index (χ4v) is 2.39. The van der Waals surface area contributed by atoms with E-state index in [1.807, 2.05) is 30.3 Å². The lowest BCUT2D eigenvalue weighted by atomic mass is 9.96. The second kappa shape index (κ2) is 5.85. The number of carbonyl (C=O) groups is 2. The van der Waals surface area contributed by atoms with Crippen LogP contribution in [0.15, 0.2) is 60.2 Å². The third-order valence-electron chi connectivity index (χ3n) is 3.56. The van der Waals surface area contributed by atoms with Gasteiger partial charge in [0.15, 0.2) is 0 Å². The van der Waals surface area contributed by atoms with Gasteiger partial charge in [-0.05, 0) is 29.8 Å². The second-order valence-electron chi connectivity index (χ2n) is 4.85. The first-order valence-electron chi connectivity index (χ1n) is 6.85. The zero-order valence-electron chi connectivity index (χ0n) is 12.0. The molecule has 110 valence electrons. The molecule has 0 radical (unpaired) electrons. The maximum Gasteiger partial charge on any atom is 0.342 e. The van der Waals surface area contributed by atoms with E-state index in [2.05, 4.69) is 0 Å².